The van der Waals surface area contributed by atoms with Gasteiger partial charge in [-0.1, -0.05) is 31.9 Å². The van der Waals surface area contributed by atoms with Crippen molar-refractivity contribution in [2.45, 2.75) is 70.8 Å². The van der Waals surface area contributed by atoms with Crippen LogP contribution in [0.15, 0.2) is 35.3 Å². The monoisotopic (exact) mass is 467 g/mol. The Morgan fingerprint density at radius 1 is 1.09 bits per heavy atom. The Labute approximate surface area is 206 Å². The van der Waals surface area contributed by atoms with Gasteiger partial charge in [0.2, 0.25) is 5.78 Å². The van der Waals surface area contributed by atoms with Gasteiger partial charge in [-0.3, -0.25) is 9.20 Å². The molecule has 180 valence electrons. The first-order valence-electron chi connectivity index (χ1n) is 13.3. The second-order valence-corrected chi connectivity index (χ2v) is 12.4. The highest BCUT2D eigenvalue weighted by Gasteiger charge is 2.64. The fourth-order valence-electron chi connectivity index (χ4n) is 9.12. The average Bonchev–Trinajstić information content (AvgIpc) is 3.13. The molecule has 0 radical (unpaired) electrons. The van der Waals surface area contributed by atoms with Gasteiger partial charge in [0, 0.05) is 17.3 Å². The highest BCUT2D eigenvalue weighted by atomic mass is 16.3. The third-order valence-electron chi connectivity index (χ3n) is 11.1. The van der Waals surface area contributed by atoms with E-state index in [1.807, 2.05) is 30.5 Å². The lowest BCUT2D eigenvalue weighted by atomic mass is 9.44. The van der Waals surface area contributed by atoms with E-state index in [0.29, 0.717) is 40.4 Å². The number of aromatic nitrogens is 3. The van der Waals surface area contributed by atoms with Gasteiger partial charge < -0.3 is 5.11 Å². The van der Waals surface area contributed by atoms with Crippen molar-refractivity contribution in [2.24, 2.45) is 34.5 Å². The van der Waals surface area contributed by atoms with Gasteiger partial charge in [-0.15, -0.1) is 6.42 Å². The highest BCUT2D eigenvalue weighted by Crippen LogP contribution is 2.67. The third kappa shape index (κ3) is 2.67. The quantitative estimate of drug-likeness (QED) is 0.389. The largest absolute Gasteiger partial charge is 0.377 e. The number of terminal acetylenes is 1. The molecule has 1 aromatic carbocycles. The number of nitrogens with zero attached hydrogens (tertiary/aromatic N) is 3. The Bertz CT molecular complexity index is 1490. The lowest BCUT2D eigenvalue weighted by Gasteiger charge is -2.60. The molecule has 1 N–H and O–H groups in total. The summed E-state index contributed by atoms with van der Waals surface area (Å²) in [6, 6.07) is 7.53. The number of aliphatic hydroxyl groups is 1. The fraction of sp³-hybridized carbons (Fsp3) is 0.567. The van der Waals surface area contributed by atoms with Gasteiger partial charge in [-0.25, -0.2) is 9.97 Å². The molecule has 0 unspecified atom stereocenters. The number of benzene rings is 1. The topological polar surface area (TPSA) is 67.5 Å². The number of hydrogen-bond donors (Lipinski definition) is 1. The number of para-hydroxylation sites is 1. The maximum absolute atomic E-state index is 13.3. The Kier molecular flexibility index (Phi) is 4.28. The van der Waals surface area contributed by atoms with Crippen LogP contribution in [0.4, 0.5) is 0 Å². The summed E-state index contributed by atoms with van der Waals surface area (Å²) in [4.78, 5) is 22.9. The molecule has 5 heteroatoms. The summed E-state index contributed by atoms with van der Waals surface area (Å²) < 4.78 is 1.66. The lowest BCUT2D eigenvalue weighted by molar-refractivity contribution is -0.127. The first-order chi connectivity index (χ1) is 16.8. The standard InChI is InChI=1S/C30H33N3O2/c1-4-30(35)14-12-23-20-10-9-19-15-25-18(16-28(19,2)22(20)11-13-29(23,30)3)17-33-26(34)21-7-5-6-8-24(21)31-27(33)32-25/h1,5-8,17,19-20,22-23,35H,9-16H2,2-3H3/t19-,20+,22-,23-,28-,29-,30-/m0/s1. The second kappa shape index (κ2) is 6.95. The van der Waals surface area contributed by atoms with Crippen LogP contribution >= 0.6 is 0 Å². The Balaban J connectivity index is 1.29. The Morgan fingerprint density at radius 2 is 1.89 bits per heavy atom. The van der Waals surface area contributed by atoms with Gasteiger partial charge in [-0.2, -0.15) is 0 Å². The van der Waals surface area contributed by atoms with Crippen molar-refractivity contribution in [3.63, 3.8) is 0 Å². The summed E-state index contributed by atoms with van der Waals surface area (Å²) in [7, 11) is 0. The van der Waals surface area contributed by atoms with Crippen molar-refractivity contribution in [1.29, 1.82) is 0 Å². The fourth-order valence-corrected chi connectivity index (χ4v) is 9.12. The molecule has 0 aliphatic heterocycles. The molecular formula is C30H33N3O2. The zero-order chi connectivity index (χ0) is 24.2. The minimum Gasteiger partial charge on any atom is -0.377 e. The van der Waals surface area contributed by atoms with Gasteiger partial charge in [-0.05, 0) is 98.1 Å². The molecule has 0 amide bonds. The van der Waals surface area contributed by atoms with E-state index < -0.39 is 5.60 Å². The molecule has 0 bridgehead atoms. The number of hydrogen-bond acceptors (Lipinski definition) is 4. The van der Waals surface area contributed by atoms with Gasteiger partial charge in [0.1, 0.15) is 5.60 Å². The molecule has 4 aliphatic rings. The van der Waals surface area contributed by atoms with Crippen molar-refractivity contribution in [3.05, 3.63) is 52.1 Å². The summed E-state index contributed by atoms with van der Waals surface area (Å²) in [5.41, 5.74) is 2.04. The van der Waals surface area contributed by atoms with Crippen molar-refractivity contribution in [2.75, 3.05) is 0 Å². The molecule has 4 aliphatic carbocycles. The van der Waals surface area contributed by atoms with Crippen molar-refractivity contribution >= 4 is 16.7 Å². The van der Waals surface area contributed by atoms with Crippen LogP contribution in [0.25, 0.3) is 16.7 Å². The molecule has 7 atom stereocenters. The molecule has 35 heavy (non-hydrogen) atoms. The van der Waals surface area contributed by atoms with Crippen LogP contribution in [0.2, 0.25) is 0 Å². The van der Waals surface area contributed by atoms with Crippen LogP contribution in [-0.2, 0) is 12.8 Å². The van der Waals surface area contributed by atoms with Crippen molar-refractivity contribution < 1.29 is 5.11 Å². The van der Waals surface area contributed by atoms with E-state index in [9.17, 15) is 9.90 Å². The van der Waals surface area contributed by atoms with Crippen LogP contribution in [0.5, 0.6) is 0 Å². The van der Waals surface area contributed by atoms with Crippen LogP contribution in [-0.4, -0.2) is 25.1 Å². The summed E-state index contributed by atoms with van der Waals surface area (Å²) in [6.07, 6.45) is 16.1. The van der Waals surface area contributed by atoms with E-state index in [1.54, 1.807) is 4.40 Å². The summed E-state index contributed by atoms with van der Waals surface area (Å²) >= 11 is 0. The molecule has 3 fully saturated rings. The molecule has 3 aromatic rings. The first-order valence-corrected chi connectivity index (χ1v) is 13.3. The predicted octanol–water partition coefficient (Wildman–Crippen LogP) is 4.56. The average molecular weight is 468 g/mol. The van der Waals surface area contributed by atoms with Gasteiger partial charge in [0.25, 0.3) is 5.56 Å². The highest BCUT2D eigenvalue weighted by molar-refractivity contribution is 5.78. The van der Waals surface area contributed by atoms with Crippen LogP contribution < -0.4 is 5.56 Å². The maximum Gasteiger partial charge on any atom is 0.266 e. The van der Waals surface area contributed by atoms with Crippen molar-refractivity contribution in [3.8, 4) is 12.3 Å². The molecule has 7 rings (SSSR count). The van der Waals surface area contributed by atoms with Crippen molar-refractivity contribution in [1.82, 2.24) is 14.4 Å². The normalized spacial score (nSPS) is 39.9. The van der Waals surface area contributed by atoms with Gasteiger partial charge in [0.15, 0.2) is 0 Å². The van der Waals surface area contributed by atoms with Gasteiger partial charge in [0.05, 0.1) is 10.9 Å². The summed E-state index contributed by atoms with van der Waals surface area (Å²) in [5.74, 6) is 5.63. The van der Waals surface area contributed by atoms with E-state index >= 15 is 0 Å². The van der Waals surface area contributed by atoms with Crippen LogP contribution in [0.3, 0.4) is 0 Å². The molecule has 2 aromatic heterocycles. The van der Waals surface area contributed by atoms with E-state index in [1.165, 1.54) is 18.4 Å². The van der Waals surface area contributed by atoms with E-state index in [0.717, 1.165) is 44.2 Å². The van der Waals surface area contributed by atoms with Gasteiger partial charge >= 0.3 is 0 Å². The smallest absolute Gasteiger partial charge is 0.266 e. The minimum atomic E-state index is -0.959. The molecule has 5 nitrogen and oxygen atoms in total. The van der Waals surface area contributed by atoms with Crippen LogP contribution in [0.1, 0.15) is 63.6 Å². The minimum absolute atomic E-state index is 0.0392. The predicted molar refractivity (Wildman–Crippen MR) is 136 cm³/mol. The van der Waals surface area contributed by atoms with E-state index in [4.69, 9.17) is 16.4 Å². The third-order valence-corrected chi connectivity index (χ3v) is 11.1. The maximum atomic E-state index is 13.3. The molecule has 2 heterocycles. The number of rotatable bonds is 0. The zero-order valence-corrected chi connectivity index (χ0v) is 20.6. The molecular weight excluding hydrogens is 434 g/mol. The summed E-state index contributed by atoms with van der Waals surface area (Å²) in [6.45, 7) is 4.75. The first kappa shape index (κ1) is 21.6. The number of fused-ring (bicyclic) bond motifs is 8. The lowest BCUT2D eigenvalue weighted by Crippen LogP contribution is -2.56. The van der Waals surface area contributed by atoms with Crippen LogP contribution in [0, 0.1) is 46.8 Å². The molecule has 0 spiro atoms. The SMILES string of the molecule is C#C[C@]1(O)CC[C@H]2[C@@H]3CC[C@H]4Cc5nc6nc7ccccc7c(=O)n6cc5C[C@]4(C)[C@H]3CC[C@@]21C. The Morgan fingerprint density at radius 3 is 2.71 bits per heavy atom. The molecule has 3 saturated carbocycles. The second-order valence-electron chi connectivity index (χ2n) is 12.4. The zero-order valence-electron chi connectivity index (χ0n) is 20.6. The molecule has 0 saturated heterocycles. The summed E-state index contributed by atoms with van der Waals surface area (Å²) in [5, 5.41) is 11.9. The van der Waals surface area contributed by atoms with E-state index in [-0.39, 0.29) is 16.4 Å². The van der Waals surface area contributed by atoms with E-state index in [2.05, 4.69) is 19.8 Å². The Hall–Kier alpha value is -2.71.